The molecular formula is C9H14O3. The smallest absolute Gasteiger partial charge is 0.316 e. The number of methoxy groups -OCH3 is 1. The zero-order valence-electron chi connectivity index (χ0n) is 7.34. The van der Waals surface area contributed by atoms with Crippen LogP contribution in [0.3, 0.4) is 0 Å². The normalized spacial score (nSPS) is 24.8. The molecule has 0 aromatic heterocycles. The molecule has 3 nitrogen and oxygen atoms in total. The largest absolute Gasteiger partial charge is 0.468 e. The Labute approximate surface area is 72.1 Å². The highest BCUT2D eigenvalue weighted by molar-refractivity contribution is 5.99. The van der Waals surface area contributed by atoms with Gasteiger partial charge in [-0.1, -0.05) is 12.8 Å². The van der Waals surface area contributed by atoms with Crippen LogP contribution in [0.15, 0.2) is 0 Å². The van der Waals surface area contributed by atoms with Gasteiger partial charge < -0.3 is 4.74 Å². The first-order valence-corrected chi connectivity index (χ1v) is 4.36. The van der Waals surface area contributed by atoms with Crippen LogP contribution in [0.25, 0.3) is 0 Å². The van der Waals surface area contributed by atoms with Crippen molar-refractivity contribution in [3.05, 3.63) is 0 Å². The molecule has 0 aliphatic heterocycles. The van der Waals surface area contributed by atoms with Gasteiger partial charge in [0.15, 0.2) is 0 Å². The van der Waals surface area contributed by atoms with Gasteiger partial charge in [0.2, 0.25) is 0 Å². The molecule has 3 heteroatoms. The number of hydrogen-bond acceptors (Lipinski definition) is 3. The van der Waals surface area contributed by atoms with E-state index in [1.54, 1.807) is 0 Å². The number of rotatable bonds is 1. The molecule has 1 atom stereocenters. The fourth-order valence-corrected chi connectivity index (χ4v) is 1.55. The Hall–Kier alpha value is -0.860. The third-order valence-electron chi connectivity index (χ3n) is 2.29. The number of Topliss-reactive ketones (excluding diaryl/α,β-unsaturated/α-hetero) is 1. The Morgan fingerprint density at radius 1 is 1.42 bits per heavy atom. The fraction of sp³-hybridized carbons (Fsp3) is 0.778. The van der Waals surface area contributed by atoms with Crippen molar-refractivity contribution < 1.29 is 14.3 Å². The predicted molar refractivity (Wildman–Crippen MR) is 43.6 cm³/mol. The van der Waals surface area contributed by atoms with E-state index in [9.17, 15) is 9.59 Å². The Kier molecular flexibility index (Phi) is 3.26. The highest BCUT2D eigenvalue weighted by Gasteiger charge is 2.27. The maximum atomic E-state index is 11.3. The molecule has 1 saturated carbocycles. The second-order valence-electron chi connectivity index (χ2n) is 3.14. The predicted octanol–water partition coefficient (Wildman–Crippen LogP) is 1.31. The van der Waals surface area contributed by atoms with Crippen LogP contribution >= 0.6 is 0 Å². The first-order valence-electron chi connectivity index (χ1n) is 4.36. The van der Waals surface area contributed by atoms with Gasteiger partial charge in [-0.05, 0) is 12.8 Å². The third-order valence-corrected chi connectivity index (χ3v) is 2.29. The van der Waals surface area contributed by atoms with Gasteiger partial charge in [0.05, 0.1) is 7.11 Å². The van der Waals surface area contributed by atoms with Gasteiger partial charge in [0.25, 0.3) is 0 Å². The van der Waals surface area contributed by atoms with E-state index >= 15 is 0 Å². The standard InChI is InChI=1S/C9H14O3/c1-12-9(11)7-5-3-2-4-6-8(7)10/h7H,2-6H2,1H3/t7-/m0/s1. The number of hydrogen-bond donors (Lipinski definition) is 0. The van der Waals surface area contributed by atoms with Gasteiger partial charge in [0, 0.05) is 6.42 Å². The molecule has 0 aromatic rings. The molecule has 0 N–H and O–H groups in total. The van der Waals surface area contributed by atoms with E-state index in [0.29, 0.717) is 12.8 Å². The Bertz CT molecular complexity index is 186. The van der Waals surface area contributed by atoms with E-state index in [2.05, 4.69) is 4.74 Å². The van der Waals surface area contributed by atoms with Crippen molar-refractivity contribution in [3.63, 3.8) is 0 Å². The maximum Gasteiger partial charge on any atom is 0.316 e. The first-order chi connectivity index (χ1) is 5.75. The van der Waals surface area contributed by atoms with Crippen molar-refractivity contribution in [2.45, 2.75) is 32.1 Å². The summed E-state index contributed by atoms with van der Waals surface area (Å²) >= 11 is 0. The Morgan fingerprint density at radius 3 is 2.83 bits per heavy atom. The molecule has 0 aromatic carbocycles. The summed E-state index contributed by atoms with van der Waals surface area (Å²) in [6, 6.07) is 0. The lowest BCUT2D eigenvalue weighted by Crippen LogP contribution is -2.23. The maximum absolute atomic E-state index is 11.3. The summed E-state index contributed by atoms with van der Waals surface area (Å²) < 4.78 is 4.56. The van der Waals surface area contributed by atoms with E-state index in [4.69, 9.17) is 0 Å². The van der Waals surface area contributed by atoms with Crippen molar-refractivity contribution in [2.75, 3.05) is 7.11 Å². The second-order valence-corrected chi connectivity index (χ2v) is 3.14. The number of carbonyl (C=O) groups is 2. The van der Waals surface area contributed by atoms with E-state index in [1.807, 2.05) is 0 Å². The molecule has 0 spiro atoms. The number of ketones is 1. The van der Waals surface area contributed by atoms with Crippen LogP contribution in [0.1, 0.15) is 32.1 Å². The molecule has 0 bridgehead atoms. The van der Waals surface area contributed by atoms with E-state index in [1.165, 1.54) is 7.11 Å². The summed E-state index contributed by atoms with van der Waals surface area (Å²) in [6.07, 6.45) is 4.16. The van der Waals surface area contributed by atoms with Crippen LogP contribution in [0.5, 0.6) is 0 Å². The van der Waals surface area contributed by atoms with Crippen LogP contribution in [-0.4, -0.2) is 18.9 Å². The molecule has 0 radical (unpaired) electrons. The van der Waals surface area contributed by atoms with Crippen molar-refractivity contribution in [1.29, 1.82) is 0 Å². The van der Waals surface area contributed by atoms with Crippen molar-refractivity contribution in [2.24, 2.45) is 5.92 Å². The monoisotopic (exact) mass is 170 g/mol. The summed E-state index contributed by atoms with van der Waals surface area (Å²) in [5.74, 6) is -0.779. The molecule has 1 aliphatic rings. The molecule has 1 rings (SSSR count). The van der Waals surface area contributed by atoms with Crippen molar-refractivity contribution in [1.82, 2.24) is 0 Å². The average Bonchev–Trinajstić information content (AvgIpc) is 2.28. The van der Waals surface area contributed by atoms with Gasteiger partial charge in [-0.15, -0.1) is 0 Å². The third kappa shape index (κ3) is 2.06. The SMILES string of the molecule is COC(=O)[C@H]1CCCCCC1=O. The van der Waals surface area contributed by atoms with E-state index < -0.39 is 5.92 Å². The molecule has 0 amide bonds. The zero-order valence-corrected chi connectivity index (χ0v) is 7.34. The van der Waals surface area contributed by atoms with Crippen LogP contribution in [0, 0.1) is 5.92 Å². The van der Waals surface area contributed by atoms with Crippen LogP contribution in [0.2, 0.25) is 0 Å². The lowest BCUT2D eigenvalue weighted by Gasteiger charge is -2.08. The topological polar surface area (TPSA) is 43.4 Å². The molecular weight excluding hydrogens is 156 g/mol. The summed E-state index contributed by atoms with van der Waals surface area (Å²) in [5, 5.41) is 0. The summed E-state index contributed by atoms with van der Waals surface area (Å²) in [5.41, 5.74) is 0. The summed E-state index contributed by atoms with van der Waals surface area (Å²) in [7, 11) is 1.33. The molecule has 1 fully saturated rings. The quantitative estimate of drug-likeness (QED) is 0.338. The second kappa shape index (κ2) is 4.24. The number of esters is 1. The van der Waals surface area contributed by atoms with Crippen molar-refractivity contribution >= 4 is 11.8 Å². The van der Waals surface area contributed by atoms with Crippen molar-refractivity contribution in [3.8, 4) is 0 Å². The first kappa shape index (κ1) is 9.23. The molecule has 12 heavy (non-hydrogen) atoms. The number of carbonyl (C=O) groups excluding carboxylic acids is 2. The van der Waals surface area contributed by atoms with Gasteiger partial charge in [-0.3, -0.25) is 9.59 Å². The Morgan fingerprint density at radius 2 is 2.17 bits per heavy atom. The van der Waals surface area contributed by atoms with E-state index in [-0.39, 0.29) is 11.8 Å². The highest BCUT2D eigenvalue weighted by atomic mass is 16.5. The minimum absolute atomic E-state index is 0.0550. The number of ether oxygens (including phenoxy) is 1. The van der Waals surface area contributed by atoms with Gasteiger partial charge >= 0.3 is 5.97 Å². The molecule has 1 aliphatic carbocycles. The average molecular weight is 170 g/mol. The van der Waals surface area contributed by atoms with Gasteiger partial charge in [-0.25, -0.2) is 0 Å². The highest BCUT2D eigenvalue weighted by Crippen LogP contribution is 2.20. The minimum Gasteiger partial charge on any atom is -0.468 e. The molecule has 0 unspecified atom stereocenters. The van der Waals surface area contributed by atoms with Crippen LogP contribution in [-0.2, 0) is 14.3 Å². The molecule has 0 saturated heterocycles. The molecule has 68 valence electrons. The fourth-order valence-electron chi connectivity index (χ4n) is 1.55. The van der Waals surface area contributed by atoms with Gasteiger partial charge in [-0.2, -0.15) is 0 Å². The summed E-state index contributed by atoms with van der Waals surface area (Å²) in [4.78, 5) is 22.4. The molecule has 0 heterocycles. The Balaban J connectivity index is 2.59. The van der Waals surface area contributed by atoms with Crippen LogP contribution in [0.4, 0.5) is 0 Å². The zero-order chi connectivity index (χ0) is 8.97. The van der Waals surface area contributed by atoms with E-state index in [0.717, 1.165) is 19.3 Å². The minimum atomic E-state index is -0.475. The lowest BCUT2D eigenvalue weighted by atomic mass is 9.99. The lowest BCUT2D eigenvalue weighted by molar-refractivity contribution is -0.149. The van der Waals surface area contributed by atoms with Gasteiger partial charge in [0.1, 0.15) is 11.7 Å². The van der Waals surface area contributed by atoms with Crippen LogP contribution < -0.4 is 0 Å². The summed E-state index contributed by atoms with van der Waals surface area (Å²) in [6.45, 7) is 0.